The van der Waals surface area contributed by atoms with Crippen molar-refractivity contribution in [2.24, 2.45) is 0 Å². The fourth-order valence-corrected chi connectivity index (χ4v) is 2.90. The number of nitro benzene ring substituents is 1. The van der Waals surface area contributed by atoms with Crippen LogP contribution in [0.15, 0.2) is 34.8 Å². The maximum Gasteiger partial charge on any atom is 0.312 e. The molecule has 0 spiro atoms. The number of ether oxygens (including phenoxy) is 1. The Bertz CT molecular complexity index is 707. The molecule has 0 aromatic heterocycles. The summed E-state index contributed by atoms with van der Waals surface area (Å²) >= 11 is 15.0. The number of nitrogens with zero attached hydrogens (tertiary/aromatic N) is 1. The molecule has 0 saturated carbocycles. The molecule has 2 rings (SSSR count). The molecule has 0 fully saturated rings. The van der Waals surface area contributed by atoms with Crippen LogP contribution in [0.25, 0.3) is 0 Å². The van der Waals surface area contributed by atoms with Crippen molar-refractivity contribution in [1.29, 1.82) is 0 Å². The lowest BCUT2D eigenvalue weighted by atomic mass is 10.2. The molecular weight excluding hydrogens is 381 g/mol. The molecule has 7 heteroatoms. The van der Waals surface area contributed by atoms with E-state index in [-0.39, 0.29) is 17.3 Å². The summed E-state index contributed by atoms with van der Waals surface area (Å²) in [4.78, 5) is 10.7. The van der Waals surface area contributed by atoms with Crippen molar-refractivity contribution in [1.82, 2.24) is 0 Å². The highest BCUT2D eigenvalue weighted by Crippen LogP contribution is 2.38. The minimum atomic E-state index is -0.484. The van der Waals surface area contributed by atoms with Crippen LogP contribution in [0, 0.1) is 17.0 Å². The van der Waals surface area contributed by atoms with Crippen LogP contribution < -0.4 is 4.74 Å². The molecule has 21 heavy (non-hydrogen) atoms. The highest BCUT2D eigenvalue weighted by Gasteiger charge is 2.20. The molecule has 0 unspecified atom stereocenters. The smallest absolute Gasteiger partial charge is 0.312 e. The molecule has 0 aliphatic rings. The van der Waals surface area contributed by atoms with Gasteiger partial charge in [-0.1, -0.05) is 33.6 Å². The first-order valence-electron chi connectivity index (χ1n) is 5.89. The quantitative estimate of drug-likeness (QED) is 0.373. The van der Waals surface area contributed by atoms with Gasteiger partial charge in [0.15, 0.2) is 0 Å². The summed E-state index contributed by atoms with van der Waals surface area (Å²) in [6.07, 6.45) is 0. The molecule has 2 aromatic carbocycles. The van der Waals surface area contributed by atoms with Crippen molar-refractivity contribution in [3.8, 4) is 11.5 Å². The van der Waals surface area contributed by atoms with Crippen molar-refractivity contribution in [2.75, 3.05) is 0 Å². The van der Waals surface area contributed by atoms with Crippen LogP contribution in [-0.4, -0.2) is 4.92 Å². The van der Waals surface area contributed by atoms with E-state index in [0.717, 1.165) is 5.56 Å². The van der Waals surface area contributed by atoms with Crippen molar-refractivity contribution in [2.45, 2.75) is 12.8 Å². The van der Waals surface area contributed by atoms with Crippen LogP contribution >= 0.6 is 39.1 Å². The number of benzene rings is 2. The monoisotopic (exact) mass is 389 g/mol. The Morgan fingerprint density at radius 1 is 1.33 bits per heavy atom. The number of hydrogen-bond donors (Lipinski definition) is 0. The average Bonchev–Trinajstić information content (AvgIpc) is 2.41. The van der Waals surface area contributed by atoms with Crippen molar-refractivity contribution in [3.05, 3.63) is 61.1 Å². The van der Waals surface area contributed by atoms with Gasteiger partial charge in [0.2, 0.25) is 5.75 Å². The van der Waals surface area contributed by atoms with E-state index in [1.54, 1.807) is 31.2 Å². The van der Waals surface area contributed by atoms with Gasteiger partial charge in [-0.05, 0) is 36.2 Å². The number of alkyl halides is 1. The van der Waals surface area contributed by atoms with Gasteiger partial charge in [0.25, 0.3) is 0 Å². The number of rotatable bonds is 4. The van der Waals surface area contributed by atoms with Crippen molar-refractivity contribution >= 4 is 44.8 Å². The third kappa shape index (κ3) is 3.67. The zero-order valence-corrected chi connectivity index (χ0v) is 14.0. The van der Waals surface area contributed by atoms with E-state index < -0.39 is 4.92 Å². The zero-order valence-electron chi connectivity index (χ0n) is 10.9. The van der Waals surface area contributed by atoms with Gasteiger partial charge in [0.05, 0.1) is 4.92 Å². The van der Waals surface area contributed by atoms with Crippen molar-refractivity contribution < 1.29 is 9.66 Å². The Morgan fingerprint density at radius 2 is 2.05 bits per heavy atom. The molecule has 0 aliphatic carbocycles. The third-order valence-corrected chi connectivity index (χ3v) is 3.90. The zero-order chi connectivity index (χ0) is 15.6. The summed E-state index contributed by atoms with van der Waals surface area (Å²) in [5, 5.41) is 11.6. The van der Waals surface area contributed by atoms with Gasteiger partial charge in [0, 0.05) is 21.4 Å². The van der Waals surface area contributed by atoms with E-state index in [9.17, 15) is 10.1 Å². The van der Waals surface area contributed by atoms with E-state index in [1.807, 2.05) is 0 Å². The van der Waals surface area contributed by atoms with Gasteiger partial charge < -0.3 is 4.74 Å². The van der Waals surface area contributed by atoms with E-state index in [2.05, 4.69) is 15.9 Å². The topological polar surface area (TPSA) is 52.4 Å². The molecule has 0 N–H and O–H groups in total. The molecule has 0 amide bonds. The lowest BCUT2D eigenvalue weighted by Crippen LogP contribution is -1.96. The molecule has 2 aromatic rings. The van der Waals surface area contributed by atoms with Crippen LogP contribution in [0.2, 0.25) is 5.02 Å². The molecule has 0 saturated heterocycles. The second kappa shape index (κ2) is 6.64. The predicted octanol–water partition coefficient (Wildman–Crippen LogP) is 5.85. The summed E-state index contributed by atoms with van der Waals surface area (Å²) in [7, 11) is 0. The van der Waals surface area contributed by atoms with E-state index >= 15 is 0 Å². The predicted molar refractivity (Wildman–Crippen MR) is 86.6 cm³/mol. The first-order valence-corrected chi connectivity index (χ1v) is 7.59. The highest BCUT2D eigenvalue weighted by atomic mass is 79.9. The Balaban J connectivity index is 2.44. The van der Waals surface area contributed by atoms with E-state index in [1.165, 1.54) is 6.07 Å². The van der Waals surface area contributed by atoms with Gasteiger partial charge in [-0.25, -0.2) is 0 Å². The molecule has 0 atom stereocenters. The normalized spacial score (nSPS) is 10.5. The summed E-state index contributed by atoms with van der Waals surface area (Å²) in [5.74, 6) is 0.900. The molecular formula is C14H10BrCl2NO3. The van der Waals surface area contributed by atoms with Gasteiger partial charge in [0.1, 0.15) is 5.75 Å². The van der Waals surface area contributed by atoms with E-state index in [0.29, 0.717) is 20.8 Å². The standard InChI is InChI=1S/C14H10BrCl2NO3/c1-8-4-10(15)5-13(18(19)20)14(8)21-11-3-2-9(7-16)12(17)6-11/h2-6H,7H2,1H3. The summed E-state index contributed by atoms with van der Waals surface area (Å²) in [6.45, 7) is 1.74. The maximum absolute atomic E-state index is 11.1. The fourth-order valence-electron chi connectivity index (χ4n) is 1.80. The van der Waals surface area contributed by atoms with Crippen LogP contribution in [0.5, 0.6) is 11.5 Å². The Kier molecular flexibility index (Phi) is 5.08. The summed E-state index contributed by atoms with van der Waals surface area (Å²) in [6, 6.07) is 8.14. The minimum absolute atomic E-state index is 0.112. The van der Waals surface area contributed by atoms with Crippen LogP contribution in [0.4, 0.5) is 5.69 Å². The Hall–Kier alpha value is -1.30. The molecule has 110 valence electrons. The van der Waals surface area contributed by atoms with Gasteiger partial charge >= 0.3 is 5.69 Å². The first-order chi connectivity index (χ1) is 9.92. The molecule has 0 aliphatic heterocycles. The Labute approximate surface area is 139 Å². The summed E-state index contributed by atoms with van der Waals surface area (Å²) in [5.41, 5.74) is 1.31. The van der Waals surface area contributed by atoms with Crippen LogP contribution in [0.1, 0.15) is 11.1 Å². The molecule has 4 nitrogen and oxygen atoms in total. The number of nitro groups is 1. The average molecular weight is 391 g/mol. The molecule has 0 radical (unpaired) electrons. The number of hydrogen-bond acceptors (Lipinski definition) is 3. The van der Waals surface area contributed by atoms with Gasteiger partial charge in [-0.15, -0.1) is 11.6 Å². The maximum atomic E-state index is 11.1. The largest absolute Gasteiger partial charge is 0.450 e. The number of halogens is 3. The van der Waals surface area contributed by atoms with Crippen molar-refractivity contribution in [3.63, 3.8) is 0 Å². The van der Waals surface area contributed by atoms with Gasteiger partial charge in [-0.3, -0.25) is 10.1 Å². The van der Waals surface area contributed by atoms with Crippen LogP contribution in [0.3, 0.4) is 0 Å². The van der Waals surface area contributed by atoms with E-state index in [4.69, 9.17) is 27.9 Å². The molecule has 0 bridgehead atoms. The SMILES string of the molecule is Cc1cc(Br)cc([N+](=O)[O-])c1Oc1ccc(CCl)c(Cl)c1. The lowest BCUT2D eigenvalue weighted by Gasteiger charge is -2.11. The summed E-state index contributed by atoms with van der Waals surface area (Å²) < 4.78 is 6.27. The van der Waals surface area contributed by atoms with Gasteiger partial charge in [-0.2, -0.15) is 0 Å². The third-order valence-electron chi connectivity index (χ3n) is 2.80. The van der Waals surface area contributed by atoms with Crippen LogP contribution in [-0.2, 0) is 5.88 Å². The first kappa shape index (κ1) is 16.1. The second-order valence-corrected chi connectivity index (χ2v) is 5.91. The highest BCUT2D eigenvalue weighted by molar-refractivity contribution is 9.10. The minimum Gasteiger partial charge on any atom is -0.450 e. The lowest BCUT2D eigenvalue weighted by molar-refractivity contribution is -0.385. The Morgan fingerprint density at radius 3 is 2.62 bits per heavy atom. The fraction of sp³-hybridized carbons (Fsp3) is 0.143. The second-order valence-electron chi connectivity index (χ2n) is 4.32. The number of aryl methyl sites for hydroxylation is 1. The molecule has 0 heterocycles.